The maximum atomic E-state index is 12.8. The van der Waals surface area contributed by atoms with E-state index in [1.807, 2.05) is 4.90 Å². The SMILES string of the molecule is COCCOP(=O)(CN(CCOC)CCOC)OCCOC. The molecule has 9 heteroatoms. The molecule has 134 valence electrons. The van der Waals surface area contributed by atoms with Gasteiger partial charge in [0.15, 0.2) is 0 Å². The van der Waals surface area contributed by atoms with Crippen LogP contribution in [0.2, 0.25) is 0 Å². The molecular formula is C13H30NO7P. The first kappa shape index (κ1) is 21.9. The van der Waals surface area contributed by atoms with E-state index in [0.717, 1.165) is 0 Å². The summed E-state index contributed by atoms with van der Waals surface area (Å²) in [5.74, 6) is 0. The number of rotatable bonds is 16. The summed E-state index contributed by atoms with van der Waals surface area (Å²) in [4.78, 5) is 1.94. The fourth-order valence-electron chi connectivity index (χ4n) is 1.58. The molecule has 0 atom stereocenters. The van der Waals surface area contributed by atoms with Crippen molar-refractivity contribution in [3.8, 4) is 0 Å². The van der Waals surface area contributed by atoms with Crippen molar-refractivity contribution in [3.05, 3.63) is 0 Å². The molecule has 0 spiro atoms. The number of ether oxygens (including phenoxy) is 4. The second-order valence-corrected chi connectivity index (χ2v) is 6.53. The van der Waals surface area contributed by atoms with Crippen molar-refractivity contribution >= 4 is 7.60 Å². The third-order valence-electron chi connectivity index (χ3n) is 2.75. The van der Waals surface area contributed by atoms with E-state index in [9.17, 15) is 4.57 Å². The molecule has 0 heterocycles. The van der Waals surface area contributed by atoms with Crippen LogP contribution < -0.4 is 0 Å². The van der Waals surface area contributed by atoms with Crippen molar-refractivity contribution in [1.29, 1.82) is 0 Å². The van der Waals surface area contributed by atoms with E-state index in [-0.39, 0.29) is 19.5 Å². The lowest BCUT2D eigenvalue weighted by Gasteiger charge is -2.26. The van der Waals surface area contributed by atoms with Crippen LogP contribution in [0.3, 0.4) is 0 Å². The number of hydrogen-bond acceptors (Lipinski definition) is 8. The highest BCUT2D eigenvalue weighted by molar-refractivity contribution is 7.53. The molecule has 0 aliphatic carbocycles. The normalized spacial score (nSPS) is 12.2. The van der Waals surface area contributed by atoms with Gasteiger partial charge in [-0.15, -0.1) is 0 Å². The molecule has 0 N–H and O–H groups in total. The second-order valence-electron chi connectivity index (χ2n) is 4.51. The molecule has 8 nitrogen and oxygen atoms in total. The van der Waals surface area contributed by atoms with Gasteiger partial charge in [0.25, 0.3) is 0 Å². The molecule has 0 saturated carbocycles. The Kier molecular flexibility index (Phi) is 14.5. The Balaban J connectivity index is 4.59. The molecule has 0 aromatic rings. The molecule has 0 amide bonds. The molecule has 0 rings (SSSR count). The molecule has 0 fully saturated rings. The van der Waals surface area contributed by atoms with Crippen LogP contribution in [0.25, 0.3) is 0 Å². The average molecular weight is 343 g/mol. The van der Waals surface area contributed by atoms with Crippen molar-refractivity contribution in [3.63, 3.8) is 0 Å². The van der Waals surface area contributed by atoms with Gasteiger partial charge in [0.05, 0.1) is 39.6 Å². The van der Waals surface area contributed by atoms with Crippen molar-refractivity contribution in [2.45, 2.75) is 0 Å². The van der Waals surface area contributed by atoms with Crippen LogP contribution in [0, 0.1) is 0 Å². The summed E-state index contributed by atoms with van der Waals surface area (Å²) in [6.07, 6.45) is 0.174. The van der Waals surface area contributed by atoms with Gasteiger partial charge in [0, 0.05) is 41.5 Å². The Labute approximate surface area is 133 Å². The van der Waals surface area contributed by atoms with E-state index in [1.165, 1.54) is 0 Å². The Bertz CT molecular complexity index is 272. The van der Waals surface area contributed by atoms with Gasteiger partial charge < -0.3 is 28.0 Å². The molecule has 0 aromatic carbocycles. The Morgan fingerprint density at radius 1 is 0.682 bits per heavy atom. The molecule has 22 heavy (non-hydrogen) atoms. The third kappa shape index (κ3) is 11.5. The van der Waals surface area contributed by atoms with Crippen LogP contribution >= 0.6 is 7.60 Å². The predicted octanol–water partition coefficient (Wildman–Crippen LogP) is 1.06. The van der Waals surface area contributed by atoms with Crippen LogP contribution in [-0.4, -0.2) is 92.4 Å². The predicted molar refractivity (Wildman–Crippen MR) is 83.5 cm³/mol. The number of nitrogens with zero attached hydrogens (tertiary/aromatic N) is 1. The van der Waals surface area contributed by atoms with Crippen molar-refractivity contribution in [1.82, 2.24) is 4.90 Å². The average Bonchev–Trinajstić information content (AvgIpc) is 2.50. The maximum absolute atomic E-state index is 12.8. The van der Waals surface area contributed by atoms with E-state index in [1.54, 1.807) is 28.4 Å². The monoisotopic (exact) mass is 343 g/mol. The van der Waals surface area contributed by atoms with Crippen molar-refractivity contribution in [2.75, 3.05) is 87.5 Å². The van der Waals surface area contributed by atoms with E-state index >= 15 is 0 Å². The van der Waals surface area contributed by atoms with Crippen LogP contribution in [-0.2, 0) is 32.6 Å². The summed E-state index contributed by atoms with van der Waals surface area (Å²) in [5, 5.41) is 0. The maximum Gasteiger partial charge on any atom is 0.344 e. The van der Waals surface area contributed by atoms with Crippen LogP contribution in [0.1, 0.15) is 0 Å². The van der Waals surface area contributed by atoms with E-state index < -0.39 is 7.60 Å². The minimum absolute atomic E-state index is 0.174. The summed E-state index contributed by atoms with van der Waals surface area (Å²) >= 11 is 0. The van der Waals surface area contributed by atoms with Gasteiger partial charge in [0.2, 0.25) is 0 Å². The van der Waals surface area contributed by atoms with Crippen LogP contribution in [0.15, 0.2) is 0 Å². The number of hydrogen-bond donors (Lipinski definition) is 0. The zero-order chi connectivity index (χ0) is 16.7. The highest BCUT2D eigenvalue weighted by atomic mass is 31.2. The minimum Gasteiger partial charge on any atom is -0.383 e. The Morgan fingerprint density at radius 2 is 1.09 bits per heavy atom. The van der Waals surface area contributed by atoms with Crippen molar-refractivity contribution < 1.29 is 32.6 Å². The fraction of sp³-hybridized carbons (Fsp3) is 1.00. The van der Waals surface area contributed by atoms with E-state index in [0.29, 0.717) is 39.5 Å². The zero-order valence-electron chi connectivity index (χ0n) is 14.1. The van der Waals surface area contributed by atoms with E-state index in [4.69, 9.17) is 28.0 Å². The van der Waals surface area contributed by atoms with Crippen LogP contribution in [0.4, 0.5) is 0 Å². The second kappa shape index (κ2) is 14.5. The highest BCUT2D eigenvalue weighted by Gasteiger charge is 2.28. The van der Waals surface area contributed by atoms with Gasteiger partial charge in [-0.05, 0) is 0 Å². The lowest BCUT2D eigenvalue weighted by molar-refractivity contribution is 0.0919. The first-order valence-corrected chi connectivity index (χ1v) is 8.91. The fourth-order valence-corrected chi connectivity index (χ4v) is 3.29. The lowest BCUT2D eigenvalue weighted by Crippen LogP contribution is -2.32. The van der Waals surface area contributed by atoms with Gasteiger partial charge in [-0.1, -0.05) is 0 Å². The smallest absolute Gasteiger partial charge is 0.344 e. The largest absolute Gasteiger partial charge is 0.383 e. The van der Waals surface area contributed by atoms with Gasteiger partial charge >= 0.3 is 7.60 Å². The van der Waals surface area contributed by atoms with Gasteiger partial charge in [0.1, 0.15) is 6.29 Å². The summed E-state index contributed by atoms with van der Waals surface area (Å²) in [6, 6.07) is 0. The van der Waals surface area contributed by atoms with Gasteiger partial charge in [-0.25, -0.2) is 0 Å². The first-order chi connectivity index (χ1) is 10.6. The molecule has 0 saturated heterocycles. The third-order valence-corrected chi connectivity index (χ3v) is 4.65. The highest BCUT2D eigenvalue weighted by Crippen LogP contribution is 2.48. The molecular weight excluding hydrogens is 313 g/mol. The summed E-state index contributed by atoms with van der Waals surface area (Å²) in [7, 11) is 3.10. The molecule has 0 aliphatic heterocycles. The quantitative estimate of drug-likeness (QED) is 0.304. The molecule has 0 unspecified atom stereocenters. The van der Waals surface area contributed by atoms with E-state index in [2.05, 4.69) is 0 Å². The topological polar surface area (TPSA) is 75.7 Å². The lowest BCUT2D eigenvalue weighted by atomic mass is 10.5. The van der Waals surface area contributed by atoms with Gasteiger partial charge in [-0.3, -0.25) is 9.46 Å². The first-order valence-electron chi connectivity index (χ1n) is 7.18. The number of methoxy groups -OCH3 is 4. The Hall–Kier alpha value is -0.0500. The summed E-state index contributed by atoms with van der Waals surface area (Å²) in [6.45, 7) is 3.42. The summed E-state index contributed by atoms with van der Waals surface area (Å²) < 4.78 is 43.7. The zero-order valence-corrected chi connectivity index (χ0v) is 15.0. The van der Waals surface area contributed by atoms with Gasteiger partial charge in [-0.2, -0.15) is 0 Å². The van der Waals surface area contributed by atoms with Crippen LogP contribution in [0.5, 0.6) is 0 Å². The Morgan fingerprint density at radius 3 is 1.45 bits per heavy atom. The van der Waals surface area contributed by atoms with Crippen molar-refractivity contribution in [2.24, 2.45) is 0 Å². The molecule has 0 radical (unpaired) electrons. The molecule has 0 aromatic heterocycles. The minimum atomic E-state index is -3.26. The molecule has 0 bridgehead atoms. The standard InChI is InChI=1S/C13H30NO7P/c1-16-7-5-14(6-8-17-2)13-22(15,20-11-9-18-3)21-12-10-19-4/h5-13H2,1-4H3. The summed E-state index contributed by atoms with van der Waals surface area (Å²) in [5.41, 5.74) is 0. The molecule has 0 aliphatic rings.